The van der Waals surface area contributed by atoms with Gasteiger partial charge in [-0.15, -0.1) is 0 Å². The number of benzene rings is 11. The average molecular weight is 829 g/mol. The molecule has 0 bridgehead atoms. The number of anilines is 3. The van der Waals surface area contributed by atoms with Crippen LogP contribution < -0.4 is 4.90 Å². The highest BCUT2D eigenvalue weighted by Crippen LogP contribution is 2.53. The molecular weight excluding hydrogens is 785 g/mol. The van der Waals surface area contributed by atoms with E-state index in [1.807, 2.05) is 0 Å². The van der Waals surface area contributed by atoms with Gasteiger partial charge in [0.1, 0.15) is 0 Å². The molecule has 0 amide bonds. The lowest BCUT2D eigenvalue weighted by atomic mass is 9.81. The zero-order chi connectivity index (χ0) is 43.2. The van der Waals surface area contributed by atoms with Gasteiger partial charge < -0.3 is 9.47 Å². The summed E-state index contributed by atoms with van der Waals surface area (Å²) in [6.07, 6.45) is 0. The highest BCUT2D eigenvalue weighted by atomic mass is 15.1. The van der Waals surface area contributed by atoms with E-state index in [2.05, 4.69) is 254 Å². The lowest BCUT2D eigenvalue weighted by molar-refractivity contribution is 0.661. The van der Waals surface area contributed by atoms with Crippen LogP contribution in [0.15, 0.2) is 231 Å². The molecule has 0 radical (unpaired) electrons. The third-order valence-corrected chi connectivity index (χ3v) is 14.2. The predicted octanol–water partition coefficient (Wildman–Crippen LogP) is 17.4. The van der Waals surface area contributed by atoms with Crippen LogP contribution >= 0.6 is 0 Å². The van der Waals surface area contributed by atoms with Crippen LogP contribution in [0.5, 0.6) is 0 Å². The minimum absolute atomic E-state index is 0.212. The Labute approximate surface area is 378 Å². The molecule has 0 unspecified atom stereocenters. The van der Waals surface area contributed by atoms with Crippen LogP contribution in [-0.2, 0) is 5.41 Å². The summed E-state index contributed by atoms with van der Waals surface area (Å²) in [5.41, 5.74) is 16.9. The first-order chi connectivity index (χ1) is 32.0. The van der Waals surface area contributed by atoms with Crippen molar-refractivity contribution in [3.05, 3.63) is 242 Å². The first kappa shape index (κ1) is 37.4. The van der Waals surface area contributed by atoms with E-state index < -0.39 is 0 Å². The van der Waals surface area contributed by atoms with Crippen molar-refractivity contribution < 1.29 is 0 Å². The quantitative estimate of drug-likeness (QED) is 0.152. The first-order valence-electron chi connectivity index (χ1n) is 22.7. The Kier molecular flexibility index (Phi) is 8.29. The van der Waals surface area contributed by atoms with Gasteiger partial charge in [-0.1, -0.05) is 166 Å². The summed E-state index contributed by atoms with van der Waals surface area (Å²) in [6.45, 7) is 4.80. The molecule has 1 aliphatic rings. The fourth-order valence-electron chi connectivity index (χ4n) is 11.0. The van der Waals surface area contributed by atoms with E-state index in [0.717, 1.165) is 17.1 Å². The maximum Gasteiger partial charge on any atom is 0.0541 e. The van der Waals surface area contributed by atoms with E-state index in [4.69, 9.17) is 0 Å². The molecule has 1 aromatic heterocycles. The van der Waals surface area contributed by atoms with Crippen LogP contribution in [0.1, 0.15) is 25.0 Å². The Hall–Kier alpha value is -8.20. The second-order valence-corrected chi connectivity index (χ2v) is 18.1. The van der Waals surface area contributed by atoms with E-state index in [-0.39, 0.29) is 5.41 Å². The molecule has 1 heterocycles. The molecule has 306 valence electrons. The van der Waals surface area contributed by atoms with Gasteiger partial charge in [-0.3, -0.25) is 0 Å². The second kappa shape index (κ2) is 14.4. The molecule has 0 N–H and O–H groups in total. The third-order valence-electron chi connectivity index (χ3n) is 14.2. The van der Waals surface area contributed by atoms with E-state index in [1.165, 1.54) is 104 Å². The average Bonchev–Trinajstić information content (AvgIpc) is 3.81. The van der Waals surface area contributed by atoms with E-state index >= 15 is 0 Å². The molecule has 12 aromatic rings. The molecule has 0 fully saturated rings. The summed E-state index contributed by atoms with van der Waals surface area (Å²) in [5, 5.41) is 10.4. The normalized spacial score (nSPS) is 12.9. The lowest BCUT2D eigenvalue weighted by Gasteiger charge is -2.28. The highest BCUT2D eigenvalue weighted by molar-refractivity contribution is 6.26. The number of para-hydroxylation sites is 2. The van der Waals surface area contributed by atoms with Crippen LogP contribution in [0, 0.1) is 0 Å². The van der Waals surface area contributed by atoms with Gasteiger partial charge in [-0.05, 0) is 156 Å². The summed E-state index contributed by atoms with van der Waals surface area (Å²) >= 11 is 0. The molecule has 11 aromatic carbocycles. The molecule has 0 aliphatic heterocycles. The molecule has 0 saturated carbocycles. The Morgan fingerprint density at radius 2 is 0.769 bits per heavy atom. The van der Waals surface area contributed by atoms with Gasteiger partial charge in [0.2, 0.25) is 0 Å². The zero-order valence-electron chi connectivity index (χ0n) is 36.3. The molecule has 13 rings (SSSR count). The standard InChI is InChI=1S/C63H44N2/c1-63(2)59-38-48(34-35-53(59)57-39-55-51-21-11-9-19-49(51)50-20-10-12-22-52(50)56(55)40-60(57)63)64(46-30-25-42(26-31-46)41-15-5-3-6-16-41)47-32-27-43(28-33-47)44-29-36-62-58(37-44)54-23-13-14-24-61(54)65(62)45-17-7-4-8-18-45/h3-40H,1-2H3. The summed E-state index contributed by atoms with van der Waals surface area (Å²) in [4.78, 5) is 2.42. The van der Waals surface area contributed by atoms with Crippen LogP contribution in [0.25, 0.3) is 93.2 Å². The molecule has 65 heavy (non-hydrogen) atoms. The second-order valence-electron chi connectivity index (χ2n) is 18.1. The van der Waals surface area contributed by atoms with Gasteiger partial charge in [-0.25, -0.2) is 0 Å². The maximum atomic E-state index is 2.49. The molecule has 0 saturated heterocycles. The summed E-state index contributed by atoms with van der Waals surface area (Å²) in [5.74, 6) is 0. The van der Waals surface area contributed by atoms with Crippen molar-refractivity contribution in [1.82, 2.24) is 4.57 Å². The van der Waals surface area contributed by atoms with Crippen LogP contribution in [0.2, 0.25) is 0 Å². The highest BCUT2D eigenvalue weighted by Gasteiger charge is 2.37. The van der Waals surface area contributed by atoms with Gasteiger partial charge >= 0.3 is 0 Å². The number of fused-ring (bicyclic) bond motifs is 12. The third kappa shape index (κ3) is 5.81. The van der Waals surface area contributed by atoms with Crippen LogP contribution in [0.4, 0.5) is 17.1 Å². The molecular formula is C63H44N2. The fourth-order valence-corrected chi connectivity index (χ4v) is 11.0. The Balaban J connectivity index is 0.934. The summed E-state index contributed by atoms with van der Waals surface area (Å²) in [7, 11) is 0. The number of aromatic nitrogens is 1. The molecule has 1 aliphatic carbocycles. The number of nitrogens with zero attached hydrogens (tertiary/aromatic N) is 2. The lowest BCUT2D eigenvalue weighted by Crippen LogP contribution is -2.16. The number of rotatable bonds is 6. The number of hydrogen-bond acceptors (Lipinski definition) is 1. The van der Waals surface area contributed by atoms with Crippen molar-refractivity contribution in [1.29, 1.82) is 0 Å². The minimum atomic E-state index is -0.212. The SMILES string of the molecule is CC1(C)c2cc(N(c3ccc(-c4ccccc4)cc3)c3ccc(-c4ccc5c(c4)c4ccccc4n5-c4ccccc4)cc3)ccc2-c2cc3c4ccccc4c4ccccc4c3cc21. The van der Waals surface area contributed by atoms with E-state index in [1.54, 1.807) is 0 Å². The van der Waals surface area contributed by atoms with Gasteiger partial charge in [0.25, 0.3) is 0 Å². The smallest absolute Gasteiger partial charge is 0.0541 e. The maximum absolute atomic E-state index is 2.49. The van der Waals surface area contributed by atoms with Gasteiger partial charge in [0.05, 0.1) is 11.0 Å². The Morgan fingerprint density at radius 3 is 1.42 bits per heavy atom. The fraction of sp³-hybridized carbons (Fsp3) is 0.0476. The van der Waals surface area contributed by atoms with Crippen molar-refractivity contribution in [3.63, 3.8) is 0 Å². The number of hydrogen-bond donors (Lipinski definition) is 0. The van der Waals surface area contributed by atoms with Gasteiger partial charge in [0, 0.05) is 38.9 Å². The van der Waals surface area contributed by atoms with Crippen molar-refractivity contribution >= 4 is 71.2 Å². The summed E-state index contributed by atoms with van der Waals surface area (Å²) < 4.78 is 2.38. The van der Waals surface area contributed by atoms with Crippen molar-refractivity contribution in [2.24, 2.45) is 0 Å². The van der Waals surface area contributed by atoms with Gasteiger partial charge in [-0.2, -0.15) is 0 Å². The molecule has 2 heteroatoms. The van der Waals surface area contributed by atoms with Crippen LogP contribution in [0.3, 0.4) is 0 Å². The molecule has 0 atom stereocenters. The topological polar surface area (TPSA) is 8.17 Å². The Bertz CT molecular complexity index is 3820. The van der Waals surface area contributed by atoms with Gasteiger partial charge in [0.15, 0.2) is 0 Å². The first-order valence-corrected chi connectivity index (χ1v) is 22.7. The van der Waals surface area contributed by atoms with Crippen molar-refractivity contribution in [3.8, 4) is 39.1 Å². The largest absolute Gasteiger partial charge is 0.310 e. The minimum Gasteiger partial charge on any atom is -0.310 e. The zero-order valence-corrected chi connectivity index (χ0v) is 36.3. The molecule has 0 spiro atoms. The van der Waals surface area contributed by atoms with Crippen LogP contribution in [-0.4, -0.2) is 4.57 Å². The monoisotopic (exact) mass is 828 g/mol. The predicted molar refractivity (Wildman–Crippen MR) is 276 cm³/mol. The Morgan fingerprint density at radius 1 is 0.308 bits per heavy atom. The van der Waals surface area contributed by atoms with E-state index in [9.17, 15) is 0 Å². The van der Waals surface area contributed by atoms with Crippen molar-refractivity contribution in [2.45, 2.75) is 19.3 Å². The van der Waals surface area contributed by atoms with Crippen molar-refractivity contribution in [2.75, 3.05) is 4.90 Å². The summed E-state index contributed by atoms with van der Waals surface area (Å²) in [6, 6.07) is 85.0. The molecule has 2 nitrogen and oxygen atoms in total. The van der Waals surface area contributed by atoms with E-state index in [0.29, 0.717) is 0 Å².